The maximum Gasteiger partial charge on any atom is 0.236 e. The maximum absolute atomic E-state index is 12.8. The Morgan fingerprint density at radius 2 is 1.53 bits per heavy atom. The van der Waals surface area contributed by atoms with E-state index in [9.17, 15) is 4.79 Å². The third-order valence-electron chi connectivity index (χ3n) is 6.76. The molecular weight excluding hydrogens is 478 g/mol. The smallest absolute Gasteiger partial charge is 0.236 e. The van der Waals surface area contributed by atoms with Gasteiger partial charge in [0, 0.05) is 91.2 Å². The summed E-state index contributed by atoms with van der Waals surface area (Å²) < 4.78 is 0. The van der Waals surface area contributed by atoms with Gasteiger partial charge >= 0.3 is 0 Å². The maximum atomic E-state index is 12.8. The van der Waals surface area contributed by atoms with Gasteiger partial charge < -0.3 is 15.1 Å². The molecule has 204 valence electrons. The fraction of sp³-hybridized carbons (Fsp3) is 0.464. The summed E-state index contributed by atoms with van der Waals surface area (Å²) in [7, 11) is 3.86. The Morgan fingerprint density at radius 1 is 0.842 bits per heavy atom. The van der Waals surface area contributed by atoms with Gasteiger partial charge in [-0.15, -0.1) is 0 Å². The minimum absolute atomic E-state index is 0. The number of amides is 1. The Labute approximate surface area is 227 Å². The first-order valence-corrected chi connectivity index (χ1v) is 13.4. The minimum atomic E-state index is 0. The van der Waals surface area contributed by atoms with Crippen molar-refractivity contribution in [2.24, 2.45) is 0 Å². The molecule has 1 aromatic carbocycles. The molecule has 5 aliphatic heterocycles. The number of hydrogen-bond donors (Lipinski definition) is 1. The molecule has 0 saturated carbocycles. The van der Waals surface area contributed by atoms with Gasteiger partial charge in [-0.05, 0) is 30.2 Å². The SMILES string of the molecule is CC.CN1CCCN(C)c2ncc(cn2)-c2ccnc(n2)Nc2cccc(c2)CN2CCN(CC2)CC1=O.[HH]. The molecule has 7 heterocycles. The predicted molar refractivity (Wildman–Crippen MR) is 153 cm³/mol. The van der Waals surface area contributed by atoms with Gasteiger partial charge in [-0.1, -0.05) is 26.0 Å². The molecular formula is C28H41N9O. The van der Waals surface area contributed by atoms with Gasteiger partial charge in [0.2, 0.25) is 17.8 Å². The van der Waals surface area contributed by atoms with Crippen LogP contribution in [-0.4, -0.2) is 100 Å². The lowest BCUT2D eigenvalue weighted by atomic mass is 10.1. The van der Waals surface area contributed by atoms with E-state index in [-0.39, 0.29) is 7.33 Å². The van der Waals surface area contributed by atoms with E-state index in [1.54, 1.807) is 18.6 Å². The van der Waals surface area contributed by atoms with E-state index in [1.807, 2.05) is 49.9 Å². The molecule has 3 aromatic rings. The summed E-state index contributed by atoms with van der Waals surface area (Å²) in [6, 6.07) is 10.2. The molecule has 1 N–H and O–H groups in total. The second-order valence-electron chi connectivity index (χ2n) is 9.51. The average molecular weight is 520 g/mol. The summed E-state index contributed by atoms with van der Waals surface area (Å²) in [5, 5.41) is 3.34. The third-order valence-corrected chi connectivity index (χ3v) is 6.76. The predicted octanol–water partition coefficient (Wildman–Crippen LogP) is 3.37. The first kappa shape index (κ1) is 27.4. The van der Waals surface area contributed by atoms with Crippen LogP contribution in [0.3, 0.4) is 0 Å². The normalized spacial score (nSPS) is 20.4. The number of anilines is 3. The van der Waals surface area contributed by atoms with E-state index < -0.39 is 0 Å². The average Bonchev–Trinajstić information content (AvgIpc) is 2.95. The first-order valence-electron chi connectivity index (χ1n) is 13.4. The number of nitrogens with one attached hydrogen (secondary N) is 1. The van der Waals surface area contributed by atoms with Crippen molar-refractivity contribution in [2.75, 3.05) is 70.1 Å². The number of piperazine rings is 1. The molecule has 0 unspecified atom stereocenters. The Balaban J connectivity index is 0.00000137. The molecule has 0 radical (unpaired) electrons. The zero-order valence-corrected chi connectivity index (χ0v) is 23.0. The van der Waals surface area contributed by atoms with Crippen LogP contribution < -0.4 is 10.2 Å². The van der Waals surface area contributed by atoms with Gasteiger partial charge in [0.25, 0.3) is 0 Å². The van der Waals surface area contributed by atoms with Crippen molar-refractivity contribution in [3.63, 3.8) is 0 Å². The van der Waals surface area contributed by atoms with Crippen LogP contribution >= 0.6 is 0 Å². The summed E-state index contributed by atoms with van der Waals surface area (Å²) in [4.78, 5) is 39.5. The van der Waals surface area contributed by atoms with Gasteiger partial charge in [0.15, 0.2) is 0 Å². The van der Waals surface area contributed by atoms with E-state index in [2.05, 4.69) is 53.3 Å². The van der Waals surface area contributed by atoms with Gasteiger partial charge in [-0.3, -0.25) is 14.6 Å². The number of carbonyl (C=O) groups is 1. The van der Waals surface area contributed by atoms with E-state index in [1.165, 1.54) is 5.56 Å². The lowest BCUT2D eigenvalue weighted by molar-refractivity contribution is -0.131. The van der Waals surface area contributed by atoms with Crippen molar-refractivity contribution in [3.05, 3.63) is 54.5 Å². The van der Waals surface area contributed by atoms with Gasteiger partial charge in [0.05, 0.1) is 12.2 Å². The highest BCUT2D eigenvalue weighted by Crippen LogP contribution is 2.21. The molecule has 0 atom stereocenters. The number of aromatic nitrogens is 4. The highest BCUT2D eigenvalue weighted by Gasteiger charge is 2.21. The quantitative estimate of drug-likeness (QED) is 0.480. The molecule has 10 nitrogen and oxygen atoms in total. The number of carbonyl (C=O) groups excluding carboxylic acids is 1. The number of rotatable bonds is 0. The summed E-state index contributed by atoms with van der Waals surface area (Å²) >= 11 is 0. The zero-order chi connectivity index (χ0) is 26.9. The van der Waals surface area contributed by atoms with Crippen molar-refractivity contribution in [2.45, 2.75) is 26.8 Å². The number of nitrogens with zero attached hydrogens (tertiary/aromatic N) is 8. The van der Waals surface area contributed by atoms with Gasteiger partial charge in [-0.2, -0.15) is 0 Å². The van der Waals surface area contributed by atoms with Crippen LogP contribution in [0.2, 0.25) is 0 Å². The summed E-state index contributed by atoms with van der Waals surface area (Å²) in [5.74, 6) is 1.35. The lowest BCUT2D eigenvalue weighted by Gasteiger charge is -2.35. The molecule has 10 heteroatoms. The van der Waals surface area contributed by atoms with Crippen LogP contribution in [0, 0.1) is 0 Å². The van der Waals surface area contributed by atoms with Crippen LogP contribution in [0.4, 0.5) is 17.6 Å². The summed E-state index contributed by atoms with van der Waals surface area (Å²) in [6.07, 6.45) is 6.16. The number of benzene rings is 1. The van der Waals surface area contributed by atoms with Crippen molar-refractivity contribution < 1.29 is 6.22 Å². The molecule has 0 aliphatic carbocycles. The van der Waals surface area contributed by atoms with E-state index in [4.69, 9.17) is 0 Å². The van der Waals surface area contributed by atoms with Crippen molar-refractivity contribution in [1.29, 1.82) is 0 Å². The Kier molecular flexibility index (Phi) is 9.56. The molecule has 1 amide bonds. The molecule has 1 fully saturated rings. The largest absolute Gasteiger partial charge is 0.345 e. The van der Waals surface area contributed by atoms with Crippen molar-refractivity contribution >= 4 is 23.5 Å². The Hall–Kier alpha value is -3.63. The van der Waals surface area contributed by atoms with Crippen LogP contribution in [0.25, 0.3) is 11.3 Å². The molecule has 2 aromatic heterocycles. The number of likely N-dealkylation sites (N-methyl/N-ethyl adjacent to an activating group) is 1. The summed E-state index contributed by atoms with van der Waals surface area (Å²) in [5.41, 5.74) is 3.76. The summed E-state index contributed by atoms with van der Waals surface area (Å²) in [6.45, 7) is 10.5. The fourth-order valence-electron chi connectivity index (χ4n) is 4.55. The highest BCUT2D eigenvalue weighted by atomic mass is 16.2. The molecule has 8 rings (SSSR count). The van der Waals surface area contributed by atoms with Crippen LogP contribution in [0.5, 0.6) is 0 Å². The standard InChI is InChI=1S/C26H33N9O.C2H6.H2/c1-32-9-4-10-33(2)26-28-16-21(17-29-26)23-7-8-27-25(31-23)30-22-6-3-5-20(15-22)18-34-11-13-35(14-12-34)19-24(32)36;1-2;/h3,5-8,15-17H,4,9-14,18-19H2,1-2H3,(H,27,30,31);1-2H3;1H. The second kappa shape index (κ2) is 13.3. The van der Waals surface area contributed by atoms with Gasteiger partial charge in [0.1, 0.15) is 0 Å². The topological polar surface area (TPSA) is 93.6 Å². The van der Waals surface area contributed by atoms with Crippen LogP contribution in [0.15, 0.2) is 48.9 Å². The van der Waals surface area contributed by atoms with E-state index in [0.29, 0.717) is 25.0 Å². The highest BCUT2D eigenvalue weighted by molar-refractivity contribution is 5.78. The lowest BCUT2D eigenvalue weighted by Crippen LogP contribution is -2.49. The minimum Gasteiger partial charge on any atom is -0.345 e. The van der Waals surface area contributed by atoms with Gasteiger partial charge in [-0.25, -0.2) is 19.9 Å². The Morgan fingerprint density at radius 3 is 2.26 bits per heavy atom. The van der Waals surface area contributed by atoms with E-state index in [0.717, 1.165) is 62.6 Å². The Bertz CT molecular complexity index is 1190. The van der Waals surface area contributed by atoms with Crippen molar-refractivity contribution in [3.8, 4) is 11.3 Å². The molecule has 0 spiro atoms. The monoisotopic (exact) mass is 519 g/mol. The fourth-order valence-corrected chi connectivity index (χ4v) is 4.55. The van der Waals surface area contributed by atoms with E-state index >= 15 is 0 Å². The van der Waals surface area contributed by atoms with Crippen LogP contribution in [-0.2, 0) is 11.3 Å². The van der Waals surface area contributed by atoms with Crippen LogP contribution in [0.1, 0.15) is 27.3 Å². The van der Waals surface area contributed by atoms with Crippen molar-refractivity contribution in [1.82, 2.24) is 34.6 Å². The number of hydrogen-bond acceptors (Lipinski definition) is 9. The second-order valence-corrected chi connectivity index (χ2v) is 9.51. The molecule has 5 aliphatic rings. The molecule has 8 bridgehead atoms. The third kappa shape index (κ3) is 7.23. The molecule has 1 saturated heterocycles. The molecule has 38 heavy (non-hydrogen) atoms. The first-order chi connectivity index (χ1) is 18.5. The zero-order valence-electron chi connectivity index (χ0n) is 23.0.